The summed E-state index contributed by atoms with van der Waals surface area (Å²) >= 11 is 0. The number of aldehydes is 1. The molecule has 1 aliphatic rings. The fourth-order valence-electron chi connectivity index (χ4n) is 3.46. The maximum Gasteiger partial charge on any atom is 0.229 e. The quantitative estimate of drug-likeness (QED) is 0.641. The van der Waals surface area contributed by atoms with Crippen LogP contribution in [0.15, 0.2) is 24.5 Å². The molecule has 0 aliphatic heterocycles. The predicted molar refractivity (Wildman–Crippen MR) is 103 cm³/mol. The number of halogens is 1. The Kier molecular flexibility index (Phi) is 4.65. The van der Waals surface area contributed by atoms with Gasteiger partial charge in [-0.25, -0.2) is 14.4 Å². The van der Waals surface area contributed by atoms with Crippen LogP contribution in [0.3, 0.4) is 0 Å². The second-order valence-corrected chi connectivity index (χ2v) is 6.87. The van der Waals surface area contributed by atoms with Crippen molar-refractivity contribution in [2.75, 3.05) is 19.5 Å². The molecule has 1 amide bonds. The van der Waals surface area contributed by atoms with Crippen molar-refractivity contribution in [2.24, 2.45) is 18.9 Å². The number of nitrogens with one attached hydrogen (secondary N) is 1. The number of fused-ring (bicyclic) bond motifs is 1. The zero-order valence-electron chi connectivity index (χ0n) is 16.1. The van der Waals surface area contributed by atoms with Gasteiger partial charge in [-0.15, -0.1) is 0 Å². The second-order valence-electron chi connectivity index (χ2n) is 6.87. The number of aromatic nitrogens is 3. The number of carbonyl (C=O) groups excluding carboxylic acids is 2. The zero-order chi connectivity index (χ0) is 20.7. The largest absolute Gasteiger partial charge is 0.493 e. The maximum absolute atomic E-state index is 14.3. The van der Waals surface area contributed by atoms with Crippen LogP contribution in [0.1, 0.15) is 6.42 Å². The average Bonchev–Trinajstić information content (AvgIpc) is 3.45. The zero-order valence-corrected chi connectivity index (χ0v) is 16.1. The van der Waals surface area contributed by atoms with Crippen LogP contribution in [-0.2, 0) is 16.6 Å². The van der Waals surface area contributed by atoms with Crippen molar-refractivity contribution in [1.82, 2.24) is 14.5 Å². The molecule has 0 saturated heterocycles. The Morgan fingerprint density at radius 2 is 2.07 bits per heavy atom. The maximum atomic E-state index is 14.3. The lowest BCUT2D eigenvalue weighted by Gasteiger charge is -2.13. The Bertz CT molecular complexity index is 1130. The highest BCUT2D eigenvalue weighted by Gasteiger charge is 2.42. The van der Waals surface area contributed by atoms with Crippen molar-refractivity contribution in [3.8, 4) is 22.9 Å². The number of pyridine rings is 2. The molecule has 0 radical (unpaired) electrons. The highest BCUT2D eigenvalue weighted by molar-refractivity contribution is 5.98. The van der Waals surface area contributed by atoms with E-state index in [1.807, 2.05) is 10.6 Å². The molecule has 150 valence electrons. The number of aryl methyl sites for hydroxylation is 1. The number of methoxy groups -OCH3 is 2. The van der Waals surface area contributed by atoms with Crippen molar-refractivity contribution < 1.29 is 23.5 Å². The summed E-state index contributed by atoms with van der Waals surface area (Å²) in [6, 6.07) is 3.54. The molecular formula is C20H19FN4O4. The Labute approximate surface area is 165 Å². The van der Waals surface area contributed by atoms with E-state index >= 15 is 0 Å². The number of rotatable bonds is 6. The fraction of sp³-hybridized carbons (Fsp3) is 0.300. The van der Waals surface area contributed by atoms with E-state index in [1.54, 1.807) is 19.3 Å². The minimum absolute atomic E-state index is 0.0258. The first kappa shape index (κ1) is 18.9. The van der Waals surface area contributed by atoms with Gasteiger partial charge in [0.25, 0.3) is 0 Å². The molecule has 1 aliphatic carbocycles. The van der Waals surface area contributed by atoms with Crippen LogP contribution in [0.2, 0.25) is 0 Å². The number of amides is 1. The van der Waals surface area contributed by atoms with Crippen molar-refractivity contribution in [2.45, 2.75) is 6.42 Å². The van der Waals surface area contributed by atoms with Gasteiger partial charge in [0, 0.05) is 24.3 Å². The molecule has 29 heavy (non-hydrogen) atoms. The molecule has 0 spiro atoms. The number of hydrogen-bond donors (Lipinski definition) is 1. The minimum atomic E-state index is -0.603. The smallest absolute Gasteiger partial charge is 0.229 e. The Morgan fingerprint density at radius 1 is 1.28 bits per heavy atom. The Morgan fingerprint density at radius 3 is 2.72 bits per heavy atom. The third-order valence-corrected chi connectivity index (χ3v) is 5.14. The summed E-state index contributed by atoms with van der Waals surface area (Å²) < 4.78 is 26.6. The summed E-state index contributed by atoms with van der Waals surface area (Å²) in [4.78, 5) is 31.2. The van der Waals surface area contributed by atoms with Crippen molar-refractivity contribution in [1.29, 1.82) is 0 Å². The number of hydrogen-bond acceptors (Lipinski definition) is 6. The lowest BCUT2D eigenvalue weighted by Crippen LogP contribution is -2.15. The summed E-state index contributed by atoms with van der Waals surface area (Å²) in [5.74, 6) is -0.683. The van der Waals surface area contributed by atoms with E-state index in [0.717, 1.165) is 23.4 Å². The van der Waals surface area contributed by atoms with Gasteiger partial charge < -0.3 is 24.2 Å². The van der Waals surface area contributed by atoms with Crippen LogP contribution >= 0.6 is 0 Å². The monoisotopic (exact) mass is 398 g/mol. The molecule has 2 atom stereocenters. The number of nitrogens with zero attached hydrogens (tertiary/aromatic N) is 3. The van der Waals surface area contributed by atoms with Crippen LogP contribution in [0.5, 0.6) is 11.6 Å². The lowest BCUT2D eigenvalue weighted by molar-refractivity contribution is -0.119. The predicted octanol–water partition coefficient (Wildman–Crippen LogP) is 2.57. The van der Waals surface area contributed by atoms with Crippen molar-refractivity contribution in [3.05, 3.63) is 30.3 Å². The van der Waals surface area contributed by atoms with E-state index in [2.05, 4.69) is 15.3 Å². The van der Waals surface area contributed by atoms with Crippen LogP contribution < -0.4 is 14.8 Å². The van der Waals surface area contributed by atoms with Gasteiger partial charge >= 0.3 is 0 Å². The molecule has 3 aromatic rings. The normalized spacial score (nSPS) is 17.8. The third-order valence-electron chi connectivity index (χ3n) is 5.14. The first-order chi connectivity index (χ1) is 14.0. The van der Waals surface area contributed by atoms with Gasteiger partial charge in [0.1, 0.15) is 17.7 Å². The van der Waals surface area contributed by atoms with Crippen LogP contribution in [0, 0.1) is 17.7 Å². The molecule has 0 unspecified atom stereocenters. The topological polar surface area (TPSA) is 95.3 Å². The fourth-order valence-corrected chi connectivity index (χ4v) is 3.46. The molecule has 0 bridgehead atoms. The van der Waals surface area contributed by atoms with Gasteiger partial charge in [0.15, 0.2) is 11.6 Å². The molecular weight excluding hydrogens is 379 g/mol. The van der Waals surface area contributed by atoms with E-state index in [1.165, 1.54) is 14.2 Å². The molecule has 1 fully saturated rings. The van der Waals surface area contributed by atoms with E-state index < -0.39 is 5.82 Å². The molecule has 1 N–H and O–H groups in total. The third kappa shape index (κ3) is 3.18. The highest BCUT2D eigenvalue weighted by Crippen LogP contribution is 2.41. The van der Waals surface area contributed by atoms with E-state index in [-0.39, 0.29) is 29.4 Å². The van der Waals surface area contributed by atoms with Gasteiger partial charge in [0.05, 0.1) is 37.8 Å². The molecule has 3 heterocycles. The Balaban J connectivity index is 1.75. The SMILES string of the molecule is COc1ncc(F)c(OC)c1-c1cc2cc(NC(=O)[C@H]3C[C@@H]3C=O)ncc2n1C. The van der Waals surface area contributed by atoms with Crippen LogP contribution in [-0.4, -0.2) is 40.9 Å². The molecule has 1 saturated carbocycles. The molecule has 8 nitrogen and oxygen atoms in total. The number of carbonyl (C=O) groups is 2. The highest BCUT2D eigenvalue weighted by atomic mass is 19.1. The van der Waals surface area contributed by atoms with Crippen LogP contribution in [0.4, 0.5) is 10.2 Å². The van der Waals surface area contributed by atoms with Gasteiger partial charge in [-0.3, -0.25) is 4.79 Å². The Hall–Kier alpha value is -3.49. The second kappa shape index (κ2) is 7.16. The molecule has 0 aromatic carbocycles. The number of anilines is 1. The molecule has 3 aromatic heterocycles. The van der Waals surface area contributed by atoms with E-state index in [0.29, 0.717) is 23.5 Å². The lowest BCUT2D eigenvalue weighted by atomic mass is 10.1. The summed E-state index contributed by atoms with van der Waals surface area (Å²) in [5.41, 5.74) is 1.77. The molecule has 4 rings (SSSR count). The van der Waals surface area contributed by atoms with Gasteiger partial charge in [-0.1, -0.05) is 0 Å². The van der Waals surface area contributed by atoms with E-state index in [9.17, 15) is 14.0 Å². The summed E-state index contributed by atoms with van der Waals surface area (Å²) in [5, 5.41) is 3.52. The first-order valence-electron chi connectivity index (χ1n) is 8.97. The summed E-state index contributed by atoms with van der Waals surface area (Å²) in [6.45, 7) is 0. The average molecular weight is 398 g/mol. The van der Waals surface area contributed by atoms with Gasteiger partial charge in [0.2, 0.25) is 11.8 Å². The first-order valence-corrected chi connectivity index (χ1v) is 8.97. The molecule has 9 heteroatoms. The van der Waals surface area contributed by atoms with E-state index in [4.69, 9.17) is 9.47 Å². The number of ether oxygens (including phenoxy) is 2. The van der Waals surface area contributed by atoms with Crippen LogP contribution in [0.25, 0.3) is 22.2 Å². The minimum Gasteiger partial charge on any atom is -0.493 e. The summed E-state index contributed by atoms with van der Waals surface area (Å²) in [7, 11) is 4.63. The summed E-state index contributed by atoms with van der Waals surface area (Å²) in [6.07, 6.45) is 4.03. The standard InChI is InChI=1S/C20H19FN4O4/c1-25-14(17-18(28-2)13(21)7-23-20(17)29-3)5-10-6-16(22-8-15(10)25)24-19(27)12-4-11(12)9-26/h5-9,11-12H,4H2,1-3H3,(H,22,24,27)/t11-,12+/m1/s1. The van der Waals surface area contributed by atoms with Gasteiger partial charge in [-0.2, -0.15) is 0 Å². The van der Waals surface area contributed by atoms with Crippen molar-refractivity contribution in [3.63, 3.8) is 0 Å². The van der Waals surface area contributed by atoms with Gasteiger partial charge in [-0.05, 0) is 18.6 Å². The van der Waals surface area contributed by atoms with Crippen molar-refractivity contribution >= 4 is 28.9 Å².